The third-order valence-corrected chi connectivity index (χ3v) is 8.03. The van der Waals surface area contributed by atoms with Gasteiger partial charge in [0, 0.05) is 23.4 Å². The van der Waals surface area contributed by atoms with E-state index in [9.17, 15) is 14.9 Å². The molecule has 2 aliphatic rings. The van der Waals surface area contributed by atoms with Crippen LogP contribution in [0.15, 0.2) is 74.1 Å². The Morgan fingerprint density at radius 2 is 2.11 bits per heavy atom. The van der Waals surface area contributed by atoms with Crippen LogP contribution in [-0.4, -0.2) is 27.6 Å². The van der Waals surface area contributed by atoms with E-state index < -0.39 is 5.92 Å². The minimum Gasteiger partial charge on any atom is -0.468 e. The number of aryl methyl sites for hydroxylation is 1. The number of thioether (sulfide) groups is 1. The molecule has 182 valence electrons. The fourth-order valence-corrected chi connectivity index (χ4v) is 6.04. The average Bonchev–Trinajstić information content (AvgIpc) is 3.56. The summed E-state index contributed by atoms with van der Waals surface area (Å²) in [6.07, 6.45) is 3.20. The van der Waals surface area contributed by atoms with Crippen molar-refractivity contribution in [1.82, 2.24) is 10.2 Å². The molecule has 3 heterocycles. The number of aromatic nitrogens is 2. The molecule has 1 atom stereocenters. The molecule has 2 aromatic heterocycles. The largest absolute Gasteiger partial charge is 0.468 e. The van der Waals surface area contributed by atoms with Crippen LogP contribution in [0.1, 0.15) is 36.5 Å². The maximum absolute atomic E-state index is 13.1. The van der Waals surface area contributed by atoms with Crippen LogP contribution in [-0.2, 0) is 9.59 Å². The monoisotopic (exact) mass is 518 g/mol. The van der Waals surface area contributed by atoms with Crippen LogP contribution >= 0.6 is 23.1 Å². The number of nitriles is 1. The van der Waals surface area contributed by atoms with Gasteiger partial charge in [0.1, 0.15) is 11.6 Å². The Kier molecular flexibility index (Phi) is 6.63. The van der Waals surface area contributed by atoms with Gasteiger partial charge in [0.25, 0.3) is 0 Å². The Morgan fingerprint density at radius 1 is 1.31 bits per heavy atom. The summed E-state index contributed by atoms with van der Waals surface area (Å²) < 4.78 is 6.16. The number of carbonyl (C=O) groups is 2. The number of anilines is 2. The van der Waals surface area contributed by atoms with Gasteiger partial charge in [-0.2, -0.15) is 5.26 Å². The molecule has 0 radical (unpaired) electrons. The minimum atomic E-state index is -0.642. The predicted octanol–water partition coefficient (Wildman–Crippen LogP) is 4.48. The Morgan fingerprint density at radius 3 is 2.83 bits per heavy atom. The molecule has 36 heavy (non-hydrogen) atoms. The summed E-state index contributed by atoms with van der Waals surface area (Å²) in [4.78, 5) is 27.1. The molecular weight excluding hydrogens is 496 g/mol. The van der Waals surface area contributed by atoms with Gasteiger partial charge in [-0.1, -0.05) is 40.8 Å². The predicted molar refractivity (Wildman–Crippen MR) is 137 cm³/mol. The average molecular weight is 519 g/mol. The van der Waals surface area contributed by atoms with E-state index in [0.29, 0.717) is 45.8 Å². The molecule has 3 aromatic rings. The van der Waals surface area contributed by atoms with Crippen molar-refractivity contribution in [2.75, 3.05) is 16.0 Å². The molecule has 0 saturated heterocycles. The molecule has 1 aliphatic carbocycles. The van der Waals surface area contributed by atoms with Crippen molar-refractivity contribution in [3.63, 3.8) is 0 Å². The first kappa shape index (κ1) is 23.8. The lowest BCUT2D eigenvalue weighted by Gasteiger charge is -2.37. The van der Waals surface area contributed by atoms with Gasteiger partial charge in [0.2, 0.25) is 11.0 Å². The number of amides is 1. The topological polar surface area (TPSA) is 138 Å². The van der Waals surface area contributed by atoms with Crippen molar-refractivity contribution >= 4 is 45.6 Å². The summed E-state index contributed by atoms with van der Waals surface area (Å²) in [5.74, 6) is 0.0340. The molecule has 0 saturated carbocycles. The molecule has 1 aromatic carbocycles. The maximum atomic E-state index is 13.1. The van der Waals surface area contributed by atoms with E-state index in [2.05, 4.69) is 21.6 Å². The molecule has 0 bridgehead atoms. The van der Waals surface area contributed by atoms with Crippen LogP contribution in [0.3, 0.4) is 0 Å². The second-order valence-corrected chi connectivity index (χ2v) is 10.6. The van der Waals surface area contributed by atoms with Gasteiger partial charge in [-0.05, 0) is 44.0 Å². The number of nitrogens with zero attached hydrogens (tertiary/aromatic N) is 4. The molecule has 0 fully saturated rings. The van der Waals surface area contributed by atoms with E-state index in [1.807, 2.05) is 31.2 Å². The Hall–Kier alpha value is -3.88. The summed E-state index contributed by atoms with van der Waals surface area (Å²) in [5.41, 5.74) is 9.82. The highest BCUT2D eigenvalue weighted by Gasteiger charge is 2.42. The molecule has 1 unspecified atom stereocenters. The lowest BCUT2D eigenvalue weighted by Crippen LogP contribution is -2.38. The van der Waals surface area contributed by atoms with E-state index >= 15 is 0 Å². The fourth-order valence-electron chi connectivity index (χ4n) is 4.36. The highest BCUT2D eigenvalue weighted by molar-refractivity contribution is 8.01. The summed E-state index contributed by atoms with van der Waals surface area (Å²) in [6, 6.07) is 13.2. The van der Waals surface area contributed by atoms with Crippen molar-refractivity contribution in [3.8, 4) is 6.07 Å². The molecule has 0 spiro atoms. The number of benzene rings is 1. The number of allylic oxidation sites excluding steroid dienone is 3. The molecule has 5 rings (SSSR count). The summed E-state index contributed by atoms with van der Waals surface area (Å²) in [5, 5.41) is 21.8. The number of ketones is 1. The van der Waals surface area contributed by atoms with Crippen molar-refractivity contribution in [2.24, 2.45) is 5.73 Å². The van der Waals surface area contributed by atoms with Gasteiger partial charge in [-0.3, -0.25) is 14.5 Å². The van der Waals surface area contributed by atoms with E-state index in [-0.39, 0.29) is 28.8 Å². The first-order chi connectivity index (χ1) is 17.5. The van der Waals surface area contributed by atoms with Crippen LogP contribution in [0.5, 0.6) is 0 Å². The number of nitrogens with one attached hydrogen (secondary N) is 1. The van der Waals surface area contributed by atoms with Crippen LogP contribution in [0.25, 0.3) is 0 Å². The maximum Gasteiger partial charge on any atom is 0.234 e. The highest BCUT2D eigenvalue weighted by Crippen LogP contribution is 2.47. The molecule has 1 amide bonds. The normalized spacial score (nSPS) is 17.7. The summed E-state index contributed by atoms with van der Waals surface area (Å²) in [7, 11) is 0. The molecule has 1 aliphatic heterocycles. The number of nitrogens with two attached hydrogens (primary N) is 1. The second kappa shape index (κ2) is 10.0. The third-order valence-electron chi connectivity index (χ3n) is 5.99. The van der Waals surface area contributed by atoms with Crippen molar-refractivity contribution < 1.29 is 14.0 Å². The van der Waals surface area contributed by atoms with Gasteiger partial charge in [-0.25, -0.2) is 0 Å². The van der Waals surface area contributed by atoms with E-state index in [0.717, 1.165) is 11.3 Å². The Labute approximate surface area is 215 Å². The van der Waals surface area contributed by atoms with E-state index in [1.54, 1.807) is 17.0 Å². The third kappa shape index (κ3) is 4.53. The molecular formula is C25H22N6O3S2. The molecule has 9 nitrogen and oxygen atoms in total. The van der Waals surface area contributed by atoms with Crippen molar-refractivity contribution in [1.29, 1.82) is 5.26 Å². The zero-order valence-corrected chi connectivity index (χ0v) is 21.0. The fraction of sp³-hybridized carbons (Fsp3) is 0.240. The highest BCUT2D eigenvalue weighted by atomic mass is 32.2. The van der Waals surface area contributed by atoms with Gasteiger partial charge in [0.15, 0.2) is 10.1 Å². The second-order valence-electron chi connectivity index (χ2n) is 8.39. The summed E-state index contributed by atoms with van der Waals surface area (Å²) >= 11 is 2.51. The standard InChI is InChI=1S/C25H22N6O3S2/c1-14-7-9-15(10-8-14)28-20(33)13-35-25-30-29-24(36-25)31-17-4-2-5-18(32)22(17)21(16(12-26)23(31)27)19-6-3-11-34-19/h3,6-11,21H,2,4-5,13,27H2,1H3,(H,28,33). The number of furan rings is 1. The summed E-state index contributed by atoms with van der Waals surface area (Å²) in [6.45, 7) is 1.98. The Balaban J connectivity index is 1.39. The zero-order chi connectivity index (χ0) is 25.2. The number of carbonyl (C=O) groups excluding carboxylic acids is 2. The van der Waals surface area contributed by atoms with Gasteiger partial charge < -0.3 is 15.5 Å². The van der Waals surface area contributed by atoms with Crippen molar-refractivity contribution in [3.05, 3.63) is 76.6 Å². The van der Waals surface area contributed by atoms with Crippen LogP contribution in [0.2, 0.25) is 0 Å². The van der Waals surface area contributed by atoms with Gasteiger partial charge >= 0.3 is 0 Å². The number of hydrogen-bond acceptors (Lipinski definition) is 10. The smallest absolute Gasteiger partial charge is 0.234 e. The first-order valence-electron chi connectivity index (χ1n) is 11.3. The lowest BCUT2D eigenvalue weighted by molar-refractivity contribution is -0.116. The quantitative estimate of drug-likeness (QED) is 0.452. The number of rotatable bonds is 6. The Bertz CT molecular complexity index is 1420. The minimum absolute atomic E-state index is 0.0326. The molecule has 11 heteroatoms. The van der Waals surface area contributed by atoms with Crippen molar-refractivity contribution in [2.45, 2.75) is 36.4 Å². The molecule has 3 N–H and O–H groups in total. The van der Waals surface area contributed by atoms with E-state index in [1.165, 1.54) is 29.4 Å². The van der Waals surface area contributed by atoms with Crippen LogP contribution in [0.4, 0.5) is 10.8 Å². The lowest BCUT2D eigenvalue weighted by atomic mass is 9.78. The van der Waals surface area contributed by atoms with Gasteiger partial charge in [0.05, 0.1) is 29.6 Å². The van der Waals surface area contributed by atoms with Crippen LogP contribution in [0, 0.1) is 18.3 Å². The first-order valence-corrected chi connectivity index (χ1v) is 13.1. The van der Waals surface area contributed by atoms with E-state index in [4.69, 9.17) is 10.2 Å². The van der Waals surface area contributed by atoms with Crippen LogP contribution < -0.4 is 16.0 Å². The SMILES string of the molecule is Cc1ccc(NC(=O)CSc2nnc(N3C(N)=C(C#N)C(c4ccco4)C4=C3CCCC4=O)s2)cc1. The number of hydrogen-bond donors (Lipinski definition) is 2. The number of Topliss-reactive ketones (excluding diaryl/α,β-unsaturated/α-hetero) is 1. The van der Waals surface area contributed by atoms with Gasteiger partial charge in [-0.15, -0.1) is 10.2 Å². The zero-order valence-electron chi connectivity index (χ0n) is 19.4.